The van der Waals surface area contributed by atoms with Crippen LogP contribution < -0.4 is 10.1 Å². The third-order valence-corrected chi connectivity index (χ3v) is 5.36. The molecule has 1 N–H and O–H groups in total. The van der Waals surface area contributed by atoms with Crippen molar-refractivity contribution in [2.45, 2.75) is 12.8 Å². The van der Waals surface area contributed by atoms with E-state index in [1.807, 2.05) is 24.3 Å². The number of rotatable bonds is 8. The molecule has 0 spiro atoms. The normalized spacial score (nSPS) is 10.8. The van der Waals surface area contributed by atoms with Crippen molar-refractivity contribution in [3.05, 3.63) is 102 Å². The number of carbonyl (C=O) groups is 1. The fraction of sp³-hybridized carbons (Fsp3) is 0.154. The number of nitrogens with one attached hydrogen (secondary N) is 1. The molecule has 0 aliphatic heterocycles. The molecule has 4 rings (SSSR count). The summed E-state index contributed by atoms with van der Waals surface area (Å²) in [5, 5.41) is 2.94. The van der Waals surface area contributed by atoms with Gasteiger partial charge in [-0.25, -0.2) is 13.8 Å². The predicted molar refractivity (Wildman–Crippen MR) is 123 cm³/mol. The molecule has 5 nitrogen and oxygen atoms in total. The van der Waals surface area contributed by atoms with Crippen LogP contribution in [-0.2, 0) is 6.42 Å². The van der Waals surface area contributed by atoms with Crippen molar-refractivity contribution in [2.24, 2.45) is 0 Å². The van der Waals surface area contributed by atoms with Gasteiger partial charge in [0, 0.05) is 12.2 Å². The number of aromatic nitrogens is 2. The molecular formula is C26H23F2N3O2. The lowest BCUT2D eigenvalue weighted by Crippen LogP contribution is -2.26. The maximum Gasteiger partial charge on any atom is 0.269 e. The lowest BCUT2D eigenvalue weighted by Gasteiger charge is -2.10. The second kappa shape index (κ2) is 10.1. The summed E-state index contributed by atoms with van der Waals surface area (Å²) in [6.07, 6.45) is 4.73. The maximum absolute atomic E-state index is 13.5. The smallest absolute Gasteiger partial charge is 0.269 e. The van der Waals surface area contributed by atoms with Gasteiger partial charge in [-0.1, -0.05) is 30.3 Å². The highest BCUT2D eigenvalue weighted by Crippen LogP contribution is 2.23. The fourth-order valence-corrected chi connectivity index (χ4v) is 3.54. The van der Waals surface area contributed by atoms with Crippen LogP contribution in [-0.4, -0.2) is 29.1 Å². The Morgan fingerprint density at radius 1 is 0.970 bits per heavy atom. The molecule has 4 aromatic rings. The number of amides is 1. The van der Waals surface area contributed by atoms with Gasteiger partial charge in [0.15, 0.2) is 11.6 Å². The van der Waals surface area contributed by atoms with Crippen LogP contribution in [0.15, 0.2) is 79.3 Å². The van der Waals surface area contributed by atoms with E-state index in [0.29, 0.717) is 17.8 Å². The van der Waals surface area contributed by atoms with Crippen LogP contribution in [0.5, 0.6) is 5.75 Å². The molecule has 1 heterocycles. The molecule has 7 heteroatoms. The zero-order valence-corrected chi connectivity index (χ0v) is 18.1. The van der Waals surface area contributed by atoms with Crippen LogP contribution in [0.4, 0.5) is 8.78 Å². The van der Waals surface area contributed by atoms with Crippen LogP contribution in [0.3, 0.4) is 0 Å². The summed E-state index contributed by atoms with van der Waals surface area (Å²) in [6, 6.07) is 18.8. The summed E-state index contributed by atoms with van der Waals surface area (Å²) >= 11 is 0. The van der Waals surface area contributed by atoms with Crippen molar-refractivity contribution in [3.63, 3.8) is 0 Å². The van der Waals surface area contributed by atoms with Gasteiger partial charge in [0.2, 0.25) is 0 Å². The number of hydrogen-bond acceptors (Lipinski definition) is 3. The Labute approximate surface area is 190 Å². The van der Waals surface area contributed by atoms with E-state index in [1.54, 1.807) is 42.3 Å². The van der Waals surface area contributed by atoms with E-state index in [2.05, 4.69) is 10.3 Å². The van der Waals surface area contributed by atoms with E-state index in [1.165, 1.54) is 17.8 Å². The minimum absolute atomic E-state index is 0.216. The molecule has 0 aliphatic rings. The van der Waals surface area contributed by atoms with E-state index in [-0.39, 0.29) is 5.91 Å². The van der Waals surface area contributed by atoms with Crippen LogP contribution in [0, 0.1) is 11.6 Å². The first-order chi connectivity index (χ1) is 16.0. The van der Waals surface area contributed by atoms with Crippen LogP contribution in [0.1, 0.15) is 22.5 Å². The number of aryl methyl sites for hydroxylation is 1. The second-order valence-corrected chi connectivity index (χ2v) is 7.53. The van der Waals surface area contributed by atoms with Crippen LogP contribution in [0.25, 0.3) is 16.8 Å². The molecule has 0 saturated heterocycles. The molecule has 168 valence electrons. The van der Waals surface area contributed by atoms with Gasteiger partial charge in [-0.3, -0.25) is 9.36 Å². The van der Waals surface area contributed by atoms with Gasteiger partial charge in [0.05, 0.1) is 19.6 Å². The Balaban J connectivity index is 1.37. The molecule has 3 aromatic carbocycles. The molecule has 1 amide bonds. The van der Waals surface area contributed by atoms with Crippen molar-refractivity contribution < 1.29 is 18.3 Å². The Morgan fingerprint density at radius 2 is 1.70 bits per heavy atom. The first-order valence-electron chi connectivity index (χ1n) is 10.5. The number of carbonyl (C=O) groups excluding carboxylic acids is 1. The topological polar surface area (TPSA) is 56.1 Å². The number of imidazole rings is 1. The summed E-state index contributed by atoms with van der Waals surface area (Å²) in [6.45, 7) is 0.533. The van der Waals surface area contributed by atoms with E-state index < -0.39 is 11.6 Å². The van der Waals surface area contributed by atoms with E-state index in [4.69, 9.17) is 4.74 Å². The Morgan fingerprint density at radius 3 is 2.39 bits per heavy atom. The molecule has 1 aromatic heterocycles. The highest BCUT2D eigenvalue weighted by Gasteiger charge is 2.13. The molecule has 0 aliphatic carbocycles. The molecule has 0 bridgehead atoms. The molecule has 0 unspecified atom stereocenters. The number of ether oxygens (including phenoxy) is 1. The third kappa shape index (κ3) is 5.26. The Kier molecular flexibility index (Phi) is 6.78. The summed E-state index contributed by atoms with van der Waals surface area (Å²) in [5.74, 6) is -1.17. The van der Waals surface area contributed by atoms with Crippen molar-refractivity contribution in [1.82, 2.24) is 14.9 Å². The quantitative estimate of drug-likeness (QED) is 0.378. The lowest BCUT2D eigenvalue weighted by atomic mass is 10.1. The summed E-state index contributed by atoms with van der Waals surface area (Å²) in [4.78, 5) is 16.8. The van der Waals surface area contributed by atoms with E-state index in [9.17, 15) is 13.6 Å². The van der Waals surface area contributed by atoms with Crippen LogP contribution >= 0.6 is 0 Å². The molecule has 0 saturated carbocycles. The Hall–Kier alpha value is -4.00. The summed E-state index contributed by atoms with van der Waals surface area (Å²) in [7, 11) is 1.64. The number of methoxy groups -OCH3 is 1. The first-order valence-corrected chi connectivity index (χ1v) is 10.5. The van der Waals surface area contributed by atoms with Gasteiger partial charge in [-0.15, -0.1) is 0 Å². The SMILES string of the molecule is COc1ccc(CCCNC(=O)c2cncn2-c2ccc(-c3ccc(F)c(F)c3)cc2)cc1. The third-order valence-electron chi connectivity index (χ3n) is 5.36. The van der Waals surface area contributed by atoms with Gasteiger partial charge < -0.3 is 10.1 Å². The van der Waals surface area contributed by atoms with Crippen molar-refractivity contribution >= 4 is 5.91 Å². The minimum Gasteiger partial charge on any atom is -0.497 e. The number of benzene rings is 3. The molecule has 0 fully saturated rings. The van der Waals surface area contributed by atoms with Crippen molar-refractivity contribution in [2.75, 3.05) is 13.7 Å². The predicted octanol–water partition coefficient (Wildman–Crippen LogP) is 5.19. The lowest BCUT2D eigenvalue weighted by molar-refractivity contribution is 0.0946. The zero-order chi connectivity index (χ0) is 23.2. The zero-order valence-electron chi connectivity index (χ0n) is 18.1. The minimum atomic E-state index is -0.892. The molecule has 33 heavy (non-hydrogen) atoms. The standard InChI is InChI=1S/C26H23F2N3O2/c1-33-22-11-4-18(5-12-22)3-2-14-30-26(32)25-16-29-17-31(25)21-9-6-19(7-10-21)20-8-13-23(27)24(28)15-20/h4-13,15-17H,2-3,14H2,1H3,(H,30,32). The maximum atomic E-state index is 13.5. The first kappa shape index (κ1) is 22.2. The van der Waals surface area contributed by atoms with Gasteiger partial charge in [-0.05, 0) is 65.9 Å². The summed E-state index contributed by atoms with van der Waals surface area (Å²) in [5.41, 5.74) is 3.64. The molecule has 0 atom stereocenters. The van der Waals surface area contributed by atoms with Crippen molar-refractivity contribution in [1.29, 1.82) is 0 Å². The van der Waals surface area contributed by atoms with Gasteiger partial charge in [0.25, 0.3) is 5.91 Å². The fourth-order valence-electron chi connectivity index (χ4n) is 3.54. The van der Waals surface area contributed by atoms with Crippen LogP contribution in [0.2, 0.25) is 0 Å². The van der Waals surface area contributed by atoms with Gasteiger partial charge in [0.1, 0.15) is 11.4 Å². The Bertz CT molecular complexity index is 1240. The van der Waals surface area contributed by atoms with Gasteiger partial charge >= 0.3 is 0 Å². The highest BCUT2D eigenvalue weighted by atomic mass is 19.2. The summed E-state index contributed by atoms with van der Waals surface area (Å²) < 4.78 is 33.6. The largest absolute Gasteiger partial charge is 0.497 e. The molecule has 0 radical (unpaired) electrons. The average Bonchev–Trinajstić information content (AvgIpc) is 3.34. The van der Waals surface area contributed by atoms with Crippen molar-refractivity contribution in [3.8, 4) is 22.6 Å². The van der Waals surface area contributed by atoms with E-state index in [0.717, 1.165) is 42.0 Å². The average molecular weight is 447 g/mol. The number of hydrogen-bond donors (Lipinski definition) is 1. The highest BCUT2D eigenvalue weighted by molar-refractivity contribution is 5.93. The number of nitrogens with zero attached hydrogens (tertiary/aromatic N) is 2. The van der Waals surface area contributed by atoms with Gasteiger partial charge in [-0.2, -0.15) is 0 Å². The number of halogens is 2. The second-order valence-electron chi connectivity index (χ2n) is 7.53. The monoisotopic (exact) mass is 447 g/mol. The van der Waals surface area contributed by atoms with E-state index >= 15 is 0 Å². The molecular weight excluding hydrogens is 424 g/mol.